The molecule has 8 heteroatoms. The van der Waals surface area contributed by atoms with Crippen molar-refractivity contribution in [3.8, 4) is 11.3 Å². The predicted molar refractivity (Wildman–Crippen MR) is 96.9 cm³/mol. The summed E-state index contributed by atoms with van der Waals surface area (Å²) >= 11 is 0. The second kappa shape index (κ2) is 8.28. The third-order valence-corrected chi connectivity index (χ3v) is 4.94. The molecule has 3 heterocycles. The van der Waals surface area contributed by atoms with Crippen molar-refractivity contribution in [2.75, 3.05) is 13.1 Å². The number of piperidine rings is 1. The topological polar surface area (TPSA) is 109 Å². The molecule has 8 nitrogen and oxygen atoms in total. The van der Waals surface area contributed by atoms with Gasteiger partial charge in [0.05, 0.1) is 23.4 Å². The van der Waals surface area contributed by atoms with Gasteiger partial charge in [-0.3, -0.25) is 9.59 Å². The van der Waals surface area contributed by atoms with Crippen molar-refractivity contribution in [3.05, 3.63) is 29.5 Å². The van der Waals surface area contributed by atoms with Crippen molar-refractivity contribution in [1.29, 1.82) is 0 Å². The zero-order valence-corrected chi connectivity index (χ0v) is 15.6. The van der Waals surface area contributed by atoms with Gasteiger partial charge < -0.3 is 14.5 Å². The number of aliphatic carboxylic acids is 1. The fraction of sp³-hybridized carbons (Fsp3) is 0.526. The van der Waals surface area contributed by atoms with Crippen molar-refractivity contribution < 1.29 is 19.2 Å². The normalized spacial score (nSPS) is 17.1. The van der Waals surface area contributed by atoms with Crippen LogP contribution in [0.15, 0.2) is 16.9 Å². The summed E-state index contributed by atoms with van der Waals surface area (Å²) in [6, 6.07) is 1.96. The number of aryl methyl sites for hydroxylation is 2. The summed E-state index contributed by atoms with van der Waals surface area (Å²) in [6.07, 6.45) is 4.19. The zero-order valence-electron chi connectivity index (χ0n) is 15.6. The molecule has 0 aliphatic carbocycles. The molecule has 0 unspecified atom stereocenters. The molecule has 1 atom stereocenters. The average molecular weight is 372 g/mol. The number of rotatable bonds is 6. The first kappa shape index (κ1) is 19.0. The average Bonchev–Trinajstić information content (AvgIpc) is 2.98. The Kier molecular flexibility index (Phi) is 5.83. The Morgan fingerprint density at radius 3 is 2.81 bits per heavy atom. The lowest BCUT2D eigenvalue weighted by Gasteiger charge is -2.32. The van der Waals surface area contributed by atoms with E-state index in [1.807, 2.05) is 19.9 Å². The molecule has 0 spiro atoms. The Hall–Kier alpha value is -2.77. The van der Waals surface area contributed by atoms with Crippen LogP contribution in [0.2, 0.25) is 0 Å². The Bertz CT molecular complexity index is 813. The number of hydrogen-bond donors (Lipinski definition) is 1. The van der Waals surface area contributed by atoms with E-state index in [9.17, 15) is 9.59 Å². The summed E-state index contributed by atoms with van der Waals surface area (Å²) in [6.45, 7) is 5.08. The molecule has 1 fully saturated rings. The molecule has 1 N–H and O–H groups in total. The number of carboxylic acids is 1. The molecule has 3 rings (SSSR count). The van der Waals surface area contributed by atoms with Crippen LogP contribution in [0.5, 0.6) is 0 Å². The minimum atomic E-state index is -0.940. The van der Waals surface area contributed by atoms with Crippen LogP contribution in [0, 0.1) is 19.8 Å². The maximum Gasteiger partial charge on any atom is 0.303 e. The van der Waals surface area contributed by atoms with E-state index in [1.165, 1.54) is 0 Å². The second-order valence-electron chi connectivity index (χ2n) is 7.04. The van der Waals surface area contributed by atoms with E-state index in [0.29, 0.717) is 19.0 Å². The molecule has 2 aromatic heterocycles. The highest BCUT2D eigenvalue weighted by molar-refractivity contribution is 5.80. The number of hydrogen-bond acceptors (Lipinski definition) is 6. The van der Waals surface area contributed by atoms with Crippen molar-refractivity contribution in [2.45, 2.75) is 46.0 Å². The molecule has 0 saturated carbocycles. The molecule has 27 heavy (non-hydrogen) atoms. The van der Waals surface area contributed by atoms with E-state index >= 15 is 0 Å². The van der Waals surface area contributed by atoms with Gasteiger partial charge in [0.2, 0.25) is 5.91 Å². The first-order valence-electron chi connectivity index (χ1n) is 9.17. The van der Waals surface area contributed by atoms with Crippen molar-refractivity contribution in [1.82, 2.24) is 20.0 Å². The van der Waals surface area contributed by atoms with Gasteiger partial charge in [-0.1, -0.05) is 5.16 Å². The largest absolute Gasteiger partial charge is 0.481 e. The van der Waals surface area contributed by atoms with Crippen LogP contribution < -0.4 is 0 Å². The van der Waals surface area contributed by atoms with Crippen LogP contribution in [0.3, 0.4) is 0 Å². The highest BCUT2D eigenvalue weighted by Gasteiger charge is 2.24. The predicted octanol–water partition coefficient (Wildman–Crippen LogP) is 2.39. The van der Waals surface area contributed by atoms with E-state index in [2.05, 4.69) is 15.1 Å². The molecule has 1 aliphatic rings. The van der Waals surface area contributed by atoms with Gasteiger partial charge in [-0.2, -0.15) is 0 Å². The quantitative estimate of drug-likeness (QED) is 0.829. The third-order valence-electron chi connectivity index (χ3n) is 4.94. The number of carboxylic acid groups (broad SMARTS) is 1. The van der Waals surface area contributed by atoms with E-state index < -0.39 is 5.97 Å². The summed E-state index contributed by atoms with van der Waals surface area (Å²) in [5.41, 5.74) is 3.41. The standard InChI is InChI=1S/C19H24N4O4/c1-12-19(13(2)27-22-12)16-9-15(20-11-21-16)8-14-4-3-7-23(10-14)17(24)5-6-18(25)26/h9,11,14H,3-8,10H2,1-2H3,(H,25,26)/t14-/m1/s1. The molecular formula is C19H24N4O4. The minimum Gasteiger partial charge on any atom is -0.481 e. The maximum atomic E-state index is 12.2. The van der Waals surface area contributed by atoms with E-state index in [4.69, 9.17) is 9.63 Å². The first-order valence-corrected chi connectivity index (χ1v) is 9.17. The van der Waals surface area contributed by atoms with Crippen LogP contribution in [-0.2, 0) is 16.0 Å². The van der Waals surface area contributed by atoms with Crippen LogP contribution in [0.25, 0.3) is 11.3 Å². The van der Waals surface area contributed by atoms with Crippen LogP contribution in [0.4, 0.5) is 0 Å². The fourth-order valence-electron chi connectivity index (χ4n) is 3.62. The Morgan fingerprint density at radius 2 is 2.11 bits per heavy atom. The Morgan fingerprint density at radius 1 is 1.30 bits per heavy atom. The lowest BCUT2D eigenvalue weighted by molar-refractivity contribution is -0.141. The minimum absolute atomic E-state index is 0.0613. The number of aromatic nitrogens is 3. The van der Waals surface area contributed by atoms with Crippen molar-refractivity contribution in [3.63, 3.8) is 0 Å². The highest BCUT2D eigenvalue weighted by Crippen LogP contribution is 2.26. The van der Waals surface area contributed by atoms with Crippen molar-refractivity contribution >= 4 is 11.9 Å². The van der Waals surface area contributed by atoms with Gasteiger partial charge >= 0.3 is 5.97 Å². The summed E-state index contributed by atoms with van der Waals surface area (Å²) in [5, 5.41) is 12.7. The summed E-state index contributed by atoms with van der Waals surface area (Å²) in [7, 11) is 0. The molecule has 0 radical (unpaired) electrons. The summed E-state index contributed by atoms with van der Waals surface area (Å²) in [5.74, 6) is 0.0101. The molecule has 1 aliphatic heterocycles. The molecular weight excluding hydrogens is 348 g/mol. The fourth-order valence-corrected chi connectivity index (χ4v) is 3.62. The van der Waals surface area contributed by atoms with E-state index in [0.717, 1.165) is 47.7 Å². The van der Waals surface area contributed by atoms with E-state index in [1.54, 1.807) is 11.2 Å². The zero-order chi connectivity index (χ0) is 19.4. The molecule has 1 saturated heterocycles. The number of carbonyl (C=O) groups is 2. The van der Waals surface area contributed by atoms with Gasteiger partial charge in [-0.25, -0.2) is 9.97 Å². The maximum absolute atomic E-state index is 12.2. The molecule has 2 aromatic rings. The van der Waals surface area contributed by atoms with Gasteiger partial charge in [0.25, 0.3) is 0 Å². The van der Waals surface area contributed by atoms with Crippen LogP contribution in [-0.4, -0.2) is 50.1 Å². The van der Waals surface area contributed by atoms with Gasteiger partial charge in [0.15, 0.2) is 0 Å². The molecule has 1 amide bonds. The lowest BCUT2D eigenvalue weighted by Crippen LogP contribution is -2.40. The van der Waals surface area contributed by atoms with Gasteiger partial charge in [-0.15, -0.1) is 0 Å². The molecule has 0 aromatic carbocycles. The van der Waals surface area contributed by atoms with E-state index in [-0.39, 0.29) is 18.7 Å². The summed E-state index contributed by atoms with van der Waals surface area (Å²) in [4.78, 5) is 33.4. The number of likely N-dealkylation sites (tertiary alicyclic amines) is 1. The van der Waals surface area contributed by atoms with Gasteiger partial charge in [0, 0.05) is 25.2 Å². The van der Waals surface area contributed by atoms with Crippen LogP contribution >= 0.6 is 0 Å². The Balaban J connectivity index is 1.66. The molecule has 144 valence electrons. The number of nitrogens with zero attached hydrogens (tertiary/aromatic N) is 4. The monoisotopic (exact) mass is 372 g/mol. The van der Waals surface area contributed by atoms with Gasteiger partial charge in [0.1, 0.15) is 12.1 Å². The first-order chi connectivity index (χ1) is 12.9. The highest BCUT2D eigenvalue weighted by atomic mass is 16.5. The SMILES string of the molecule is Cc1noc(C)c1-c1cc(C[C@H]2CCCN(C(=O)CCC(=O)O)C2)ncn1. The lowest BCUT2D eigenvalue weighted by atomic mass is 9.92. The molecule has 0 bridgehead atoms. The number of carbonyl (C=O) groups excluding carboxylic acids is 1. The van der Waals surface area contributed by atoms with Crippen LogP contribution in [0.1, 0.15) is 42.8 Å². The Labute approximate surface area is 157 Å². The van der Waals surface area contributed by atoms with Gasteiger partial charge in [-0.05, 0) is 45.1 Å². The number of amides is 1. The van der Waals surface area contributed by atoms with Crippen molar-refractivity contribution in [2.24, 2.45) is 5.92 Å². The summed E-state index contributed by atoms with van der Waals surface area (Å²) < 4.78 is 5.22. The third kappa shape index (κ3) is 4.69. The smallest absolute Gasteiger partial charge is 0.303 e. The second-order valence-corrected chi connectivity index (χ2v) is 7.04.